The zero-order valence-corrected chi connectivity index (χ0v) is 17.4. The van der Waals surface area contributed by atoms with Gasteiger partial charge in [0.1, 0.15) is 5.69 Å². The molecule has 1 heterocycles. The monoisotopic (exact) mass is 426 g/mol. The molecule has 160 valence electrons. The van der Waals surface area contributed by atoms with Crippen LogP contribution in [0.15, 0.2) is 84.0 Å². The minimum atomic E-state index is -0.412. The first-order chi connectivity index (χ1) is 15.6. The number of benzene rings is 3. The van der Waals surface area contributed by atoms with Crippen LogP contribution >= 0.6 is 0 Å². The van der Waals surface area contributed by atoms with Crippen LogP contribution in [0.1, 0.15) is 23.0 Å². The van der Waals surface area contributed by atoms with Crippen LogP contribution in [0.25, 0.3) is 22.4 Å². The third-order valence-corrected chi connectivity index (χ3v) is 4.77. The van der Waals surface area contributed by atoms with Crippen molar-refractivity contribution in [1.29, 1.82) is 0 Å². The second kappa shape index (κ2) is 9.61. The highest BCUT2D eigenvalue weighted by atomic mass is 16.5. The summed E-state index contributed by atoms with van der Waals surface area (Å²) in [4.78, 5) is 12.4. The summed E-state index contributed by atoms with van der Waals surface area (Å²) < 4.78 is 5.34. The van der Waals surface area contributed by atoms with E-state index in [1.54, 1.807) is 18.2 Å². The lowest BCUT2D eigenvalue weighted by Crippen LogP contribution is -2.18. The van der Waals surface area contributed by atoms with Crippen LogP contribution in [0.2, 0.25) is 0 Å². The van der Waals surface area contributed by atoms with Crippen LogP contribution in [-0.2, 0) is 0 Å². The Morgan fingerprint density at radius 3 is 2.50 bits per heavy atom. The van der Waals surface area contributed by atoms with E-state index < -0.39 is 5.91 Å². The van der Waals surface area contributed by atoms with Gasteiger partial charge in [-0.15, -0.1) is 0 Å². The molecule has 0 bridgehead atoms. The van der Waals surface area contributed by atoms with Crippen molar-refractivity contribution >= 4 is 12.1 Å². The number of carbonyl (C=O) groups excluding carboxylic acids is 1. The predicted molar refractivity (Wildman–Crippen MR) is 124 cm³/mol. The van der Waals surface area contributed by atoms with Crippen LogP contribution in [0, 0.1) is 0 Å². The highest BCUT2D eigenvalue weighted by molar-refractivity contribution is 5.94. The molecule has 3 N–H and O–H groups in total. The summed E-state index contributed by atoms with van der Waals surface area (Å²) in [7, 11) is 0. The molecule has 1 amide bonds. The molecule has 4 aromatic rings. The number of carbonyl (C=O) groups is 1. The summed E-state index contributed by atoms with van der Waals surface area (Å²) in [5, 5.41) is 20.7. The standard InChI is InChI=1S/C25H22N4O3/c1-2-32-24-14-17(8-13-23(24)30)16-26-29-25(31)22-15-21(27-28-22)20-11-9-19(10-12-20)18-6-4-3-5-7-18/h3-16,30H,2H2,1H3,(H,27,28)(H,29,31)/b26-16+. The average Bonchev–Trinajstić information content (AvgIpc) is 3.32. The zero-order valence-electron chi connectivity index (χ0n) is 17.4. The first-order valence-electron chi connectivity index (χ1n) is 10.1. The van der Waals surface area contributed by atoms with Gasteiger partial charge in [0.05, 0.1) is 18.5 Å². The van der Waals surface area contributed by atoms with E-state index in [1.165, 1.54) is 12.3 Å². The molecular weight excluding hydrogens is 404 g/mol. The van der Waals surface area contributed by atoms with Crippen molar-refractivity contribution in [2.45, 2.75) is 6.92 Å². The van der Waals surface area contributed by atoms with E-state index in [-0.39, 0.29) is 5.75 Å². The fraction of sp³-hybridized carbons (Fsp3) is 0.0800. The Hall–Kier alpha value is -4.39. The molecule has 32 heavy (non-hydrogen) atoms. The molecule has 3 aromatic carbocycles. The van der Waals surface area contributed by atoms with Gasteiger partial charge in [0.15, 0.2) is 11.5 Å². The van der Waals surface area contributed by atoms with Crippen LogP contribution in [0.5, 0.6) is 11.5 Å². The van der Waals surface area contributed by atoms with Gasteiger partial charge < -0.3 is 9.84 Å². The zero-order chi connectivity index (χ0) is 22.3. The summed E-state index contributed by atoms with van der Waals surface area (Å²) in [6.07, 6.45) is 1.47. The molecule has 4 rings (SSSR count). The van der Waals surface area contributed by atoms with Crippen molar-refractivity contribution in [1.82, 2.24) is 15.6 Å². The number of aromatic nitrogens is 2. The molecule has 1 aromatic heterocycles. The Morgan fingerprint density at radius 2 is 1.75 bits per heavy atom. The Kier molecular flexibility index (Phi) is 6.27. The second-order valence-corrected chi connectivity index (χ2v) is 6.97. The van der Waals surface area contributed by atoms with Crippen LogP contribution in [0.3, 0.4) is 0 Å². The molecule has 0 fully saturated rings. The first-order valence-corrected chi connectivity index (χ1v) is 10.1. The predicted octanol–water partition coefficient (Wildman–Crippen LogP) is 4.61. The Balaban J connectivity index is 1.41. The lowest BCUT2D eigenvalue weighted by atomic mass is 10.0. The van der Waals surface area contributed by atoms with E-state index in [4.69, 9.17) is 4.74 Å². The van der Waals surface area contributed by atoms with Gasteiger partial charge in [-0.25, -0.2) is 5.43 Å². The Bertz CT molecular complexity index is 1230. The van der Waals surface area contributed by atoms with Gasteiger partial charge in [0, 0.05) is 5.56 Å². The quantitative estimate of drug-likeness (QED) is 0.297. The lowest BCUT2D eigenvalue weighted by Gasteiger charge is -2.05. The molecule has 0 saturated carbocycles. The number of hydrazone groups is 1. The van der Waals surface area contributed by atoms with Gasteiger partial charge >= 0.3 is 0 Å². The molecule has 0 aliphatic carbocycles. The summed E-state index contributed by atoms with van der Waals surface area (Å²) in [5.41, 5.74) is 7.25. The number of rotatable bonds is 7. The maximum absolute atomic E-state index is 12.4. The van der Waals surface area contributed by atoms with Crippen LogP contribution < -0.4 is 10.2 Å². The number of aromatic hydroxyl groups is 1. The van der Waals surface area contributed by atoms with Crippen LogP contribution in [0.4, 0.5) is 0 Å². The highest BCUT2D eigenvalue weighted by Crippen LogP contribution is 2.26. The molecule has 7 nitrogen and oxygen atoms in total. The molecular formula is C25H22N4O3. The van der Waals surface area contributed by atoms with Gasteiger partial charge in [-0.1, -0.05) is 54.6 Å². The molecule has 0 radical (unpaired) electrons. The van der Waals surface area contributed by atoms with Gasteiger partial charge in [-0.05, 0) is 47.9 Å². The lowest BCUT2D eigenvalue weighted by molar-refractivity contribution is 0.0950. The average molecular weight is 426 g/mol. The van der Waals surface area contributed by atoms with Crippen molar-refractivity contribution in [3.05, 3.63) is 90.1 Å². The topological polar surface area (TPSA) is 99.6 Å². The SMILES string of the molecule is CCOc1cc(/C=N/NC(=O)c2cc(-c3ccc(-c4ccccc4)cc3)n[nH]2)ccc1O. The van der Waals surface area contributed by atoms with E-state index >= 15 is 0 Å². The molecule has 7 heteroatoms. The third-order valence-electron chi connectivity index (χ3n) is 4.77. The number of nitrogens with one attached hydrogen (secondary N) is 2. The number of ether oxygens (including phenoxy) is 1. The summed E-state index contributed by atoms with van der Waals surface area (Å²) in [6.45, 7) is 2.26. The first kappa shape index (κ1) is 20.9. The summed E-state index contributed by atoms with van der Waals surface area (Å²) in [6, 6.07) is 24.6. The van der Waals surface area contributed by atoms with Crippen molar-refractivity contribution in [2.24, 2.45) is 5.10 Å². The van der Waals surface area contributed by atoms with Gasteiger partial charge in [-0.2, -0.15) is 10.2 Å². The van der Waals surface area contributed by atoms with E-state index in [0.29, 0.717) is 29.3 Å². The molecule has 0 saturated heterocycles. The van der Waals surface area contributed by atoms with Gasteiger partial charge in [-0.3, -0.25) is 9.89 Å². The molecule has 0 aliphatic rings. The van der Waals surface area contributed by atoms with Crippen LogP contribution in [-0.4, -0.2) is 34.0 Å². The van der Waals surface area contributed by atoms with E-state index in [0.717, 1.165) is 16.7 Å². The number of nitrogens with zero attached hydrogens (tertiary/aromatic N) is 2. The smallest absolute Gasteiger partial charge is 0.289 e. The highest BCUT2D eigenvalue weighted by Gasteiger charge is 2.11. The normalized spacial score (nSPS) is 10.9. The van der Waals surface area contributed by atoms with Crippen molar-refractivity contribution in [2.75, 3.05) is 6.61 Å². The van der Waals surface area contributed by atoms with E-state index in [2.05, 4.69) is 32.9 Å². The number of phenolic OH excluding ortho intramolecular Hbond substituents is 1. The summed E-state index contributed by atoms with van der Waals surface area (Å²) in [5.74, 6) is -0.00110. The number of amides is 1. The fourth-order valence-electron chi connectivity index (χ4n) is 3.16. The minimum absolute atomic E-state index is 0.0508. The minimum Gasteiger partial charge on any atom is -0.504 e. The second-order valence-electron chi connectivity index (χ2n) is 6.97. The molecule has 0 unspecified atom stereocenters. The number of H-pyrrole nitrogens is 1. The number of hydrogen-bond acceptors (Lipinski definition) is 5. The summed E-state index contributed by atoms with van der Waals surface area (Å²) >= 11 is 0. The van der Waals surface area contributed by atoms with E-state index in [9.17, 15) is 9.90 Å². The maximum Gasteiger partial charge on any atom is 0.289 e. The van der Waals surface area contributed by atoms with E-state index in [1.807, 2.05) is 49.4 Å². The third kappa shape index (κ3) is 4.84. The molecule has 0 spiro atoms. The van der Waals surface area contributed by atoms with Crippen molar-refractivity contribution in [3.63, 3.8) is 0 Å². The number of hydrogen-bond donors (Lipinski definition) is 3. The molecule has 0 atom stereocenters. The number of aromatic amines is 1. The van der Waals surface area contributed by atoms with Gasteiger partial charge in [0.2, 0.25) is 0 Å². The van der Waals surface area contributed by atoms with Crippen molar-refractivity contribution < 1.29 is 14.6 Å². The fourth-order valence-corrected chi connectivity index (χ4v) is 3.16. The maximum atomic E-state index is 12.4. The largest absolute Gasteiger partial charge is 0.504 e. The Morgan fingerprint density at radius 1 is 1.03 bits per heavy atom. The van der Waals surface area contributed by atoms with Crippen molar-refractivity contribution in [3.8, 4) is 33.9 Å². The Labute approximate surface area is 185 Å². The van der Waals surface area contributed by atoms with Gasteiger partial charge in [0.25, 0.3) is 5.91 Å². The molecule has 0 aliphatic heterocycles. The number of phenols is 1.